The molecule has 1 fully saturated rings. The van der Waals surface area contributed by atoms with Crippen LogP contribution in [0, 0.1) is 11.8 Å². The van der Waals surface area contributed by atoms with Crippen LogP contribution in [0.15, 0.2) is 18.2 Å². The summed E-state index contributed by atoms with van der Waals surface area (Å²) in [6.45, 7) is 1.81. The molecule has 1 aromatic carbocycles. The first-order valence-electron chi connectivity index (χ1n) is 6.63. The molecule has 2 heterocycles. The van der Waals surface area contributed by atoms with Crippen molar-refractivity contribution in [3.05, 3.63) is 23.8 Å². The molecule has 5 heteroatoms. The lowest BCUT2D eigenvalue weighted by molar-refractivity contribution is -0.140. The molecule has 3 N–H and O–H groups in total. The van der Waals surface area contributed by atoms with E-state index < -0.39 is 5.60 Å². The van der Waals surface area contributed by atoms with Gasteiger partial charge in [-0.1, -0.05) is 11.8 Å². The Labute approximate surface area is 118 Å². The van der Waals surface area contributed by atoms with Gasteiger partial charge in [0, 0.05) is 19.2 Å². The van der Waals surface area contributed by atoms with Crippen molar-refractivity contribution in [1.82, 2.24) is 0 Å². The van der Waals surface area contributed by atoms with E-state index in [4.69, 9.17) is 15.2 Å². The predicted octanol–water partition coefficient (Wildman–Crippen LogP) is -0.0447. The van der Waals surface area contributed by atoms with Gasteiger partial charge in [-0.15, -0.1) is 0 Å². The van der Waals surface area contributed by atoms with Crippen molar-refractivity contribution in [2.75, 3.05) is 38.3 Å². The lowest BCUT2D eigenvalue weighted by Gasteiger charge is -2.30. The maximum atomic E-state index is 9.89. The van der Waals surface area contributed by atoms with Crippen LogP contribution in [0.4, 0.5) is 5.69 Å². The Morgan fingerprint density at radius 3 is 2.95 bits per heavy atom. The molecule has 3 rings (SSSR count). The van der Waals surface area contributed by atoms with Gasteiger partial charge in [-0.05, 0) is 18.2 Å². The number of likely N-dealkylation sites (N-methyl/N-ethyl adjacent to an activating group) is 1. The summed E-state index contributed by atoms with van der Waals surface area (Å²) in [4.78, 5) is 2.07. The number of benzene rings is 1. The standard InChI is InChI=1S/C15H18N2O3/c1-17-7-12(16)8-20-14-3-2-11(6-13(14)17)4-5-15(18)9-19-10-15/h2-3,6,12,18H,7-10,16H2,1H3/t12-/m0/s1. The first-order valence-corrected chi connectivity index (χ1v) is 6.63. The second-order valence-corrected chi connectivity index (χ2v) is 5.41. The summed E-state index contributed by atoms with van der Waals surface area (Å²) in [7, 11) is 1.98. The topological polar surface area (TPSA) is 68.0 Å². The Bertz CT molecular complexity index is 572. The minimum atomic E-state index is -0.989. The molecule has 0 amide bonds. The van der Waals surface area contributed by atoms with Gasteiger partial charge in [0.1, 0.15) is 12.4 Å². The molecule has 0 aliphatic carbocycles. The average molecular weight is 274 g/mol. The summed E-state index contributed by atoms with van der Waals surface area (Å²) in [5.41, 5.74) is 6.77. The number of nitrogens with zero attached hydrogens (tertiary/aromatic N) is 1. The summed E-state index contributed by atoms with van der Waals surface area (Å²) >= 11 is 0. The van der Waals surface area contributed by atoms with Gasteiger partial charge in [-0.3, -0.25) is 0 Å². The van der Waals surface area contributed by atoms with Crippen LogP contribution in [0.1, 0.15) is 5.56 Å². The van der Waals surface area contributed by atoms with Crippen molar-refractivity contribution in [1.29, 1.82) is 0 Å². The number of hydrogen-bond acceptors (Lipinski definition) is 5. The Morgan fingerprint density at radius 2 is 2.25 bits per heavy atom. The van der Waals surface area contributed by atoms with Gasteiger partial charge in [-0.2, -0.15) is 0 Å². The van der Waals surface area contributed by atoms with E-state index in [9.17, 15) is 5.11 Å². The summed E-state index contributed by atoms with van der Waals surface area (Å²) in [5, 5.41) is 9.89. The lowest BCUT2D eigenvalue weighted by atomic mass is 10.0. The summed E-state index contributed by atoms with van der Waals surface area (Å²) < 4.78 is 10.6. The van der Waals surface area contributed by atoms with Crippen molar-refractivity contribution in [2.24, 2.45) is 5.73 Å². The van der Waals surface area contributed by atoms with Crippen LogP contribution in [0.5, 0.6) is 5.75 Å². The molecule has 106 valence electrons. The first kappa shape index (κ1) is 13.3. The van der Waals surface area contributed by atoms with E-state index in [1.165, 1.54) is 0 Å². The van der Waals surface area contributed by atoms with E-state index in [-0.39, 0.29) is 19.3 Å². The molecule has 0 unspecified atom stereocenters. The van der Waals surface area contributed by atoms with Gasteiger partial charge in [0.05, 0.1) is 24.9 Å². The maximum Gasteiger partial charge on any atom is 0.172 e. The smallest absolute Gasteiger partial charge is 0.172 e. The molecule has 0 saturated carbocycles. The number of nitrogens with two attached hydrogens (primary N) is 1. The third-order valence-corrected chi connectivity index (χ3v) is 3.45. The Balaban J connectivity index is 1.87. The molecule has 2 aliphatic heterocycles. The van der Waals surface area contributed by atoms with E-state index in [1.54, 1.807) is 0 Å². The third-order valence-electron chi connectivity index (χ3n) is 3.45. The number of aliphatic hydroxyl groups is 1. The average Bonchev–Trinajstić information content (AvgIpc) is 2.54. The quantitative estimate of drug-likeness (QED) is 0.650. The van der Waals surface area contributed by atoms with Crippen molar-refractivity contribution < 1.29 is 14.6 Å². The van der Waals surface area contributed by atoms with Crippen LogP contribution in [-0.2, 0) is 4.74 Å². The highest BCUT2D eigenvalue weighted by molar-refractivity contribution is 5.62. The molecule has 20 heavy (non-hydrogen) atoms. The molecular weight excluding hydrogens is 256 g/mol. The predicted molar refractivity (Wildman–Crippen MR) is 75.8 cm³/mol. The summed E-state index contributed by atoms with van der Waals surface area (Å²) in [6, 6.07) is 5.74. The number of rotatable bonds is 0. The van der Waals surface area contributed by atoms with Crippen LogP contribution in [0.3, 0.4) is 0 Å². The van der Waals surface area contributed by atoms with Gasteiger partial charge in [-0.25, -0.2) is 0 Å². The second kappa shape index (κ2) is 4.98. The van der Waals surface area contributed by atoms with Gasteiger partial charge < -0.3 is 25.2 Å². The summed E-state index contributed by atoms with van der Waals surface area (Å²) in [5.74, 6) is 6.67. The molecule has 1 atom stereocenters. The Hall–Kier alpha value is -1.74. The van der Waals surface area contributed by atoms with Crippen molar-refractivity contribution in [2.45, 2.75) is 11.6 Å². The van der Waals surface area contributed by atoms with E-state index >= 15 is 0 Å². The number of ether oxygens (including phenoxy) is 2. The fraction of sp³-hybridized carbons (Fsp3) is 0.467. The molecule has 2 aliphatic rings. The zero-order valence-electron chi connectivity index (χ0n) is 11.4. The van der Waals surface area contributed by atoms with Crippen molar-refractivity contribution in [3.63, 3.8) is 0 Å². The largest absolute Gasteiger partial charge is 0.490 e. The van der Waals surface area contributed by atoms with Crippen LogP contribution >= 0.6 is 0 Å². The Morgan fingerprint density at radius 1 is 1.45 bits per heavy atom. The van der Waals surface area contributed by atoms with Crippen LogP contribution in [0.2, 0.25) is 0 Å². The van der Waals surface area contributed by atoms with Crippen LogP contribution in [0.25, 0.3) is 0 Å². The van der Waals surface area contributed by atoms with Gasteiger partial charge in [0.15, 0.2) is 5.60 Å². The van der Waals surface area contributed by atoms with E-state index in [1.807, 2.05) is 25.2 Å². The fourth-order valence-corrected chi connectivity index (χ4v) is 2.27. The highest BCUT2D eigenvalue weighted by Crippen LogP contribution is 2.30. The monoisotopic (exact) mass is 274 g/mol. The number of hydrogen-bond donors (Lipinski definition) is 2. The lowest BCUT2D eigenvalue weighted by Crippen LogP contribution is -2.48. The molecule has 1 saturated heterocycles. The number of anilines is 1. The normalized spacial score (nSPS) is 23.6. The molecule has 0 radical (unpaired) electrons. The van der Waals surface area contributed by atoms with Gasteiger partial charge in [0.2, 0.25) is 0 Å². The van der Waals surface area contributed by atoms with E-state index in [0.29, 0.717) is 6.61 Å². The second-order valence-electron chi connectivity index (χ2n) is 5.41. The van der Waals surface area contributed by atoms with E-state index in [2.05, 4.69) is 16.7 Å². The number of fused-ring (bicyclic) bond motifs is 1. The zero-order valence-corrected chi connectivity index (χ0v) is 11.4. The van der Waals surface area contributed by atoms with Crippen molar-refractivity contribution >= 4 is 5.69 Å². The summed E-state index contributed by atoms with van der Waals surface area (Å²) in [6.07, 6.45) is 0. The van der Waals surface area contributed by atoms with Crippen molar-refractivity contribution in [3.8, 4) is 17.6 Å². The molecule has 0 aromatic heterocycles. The highest BCUT2D eigenvalue weighted by atomic mass is 16.5. The minimum Gasteiger partial charge on any atom is -0.490 e. The SMILES string of the molecule is CN1C[C@H](N)COc2ccc(C#CC3(O)COC3)cc21. The first-order chi connectivity index (χ1) is 9.56. The molecule has 0 spiro atoms. The third kappa shape index (κ3) is 2.59. The molecular formula is C15H18N2O3. The van der Waals surface area contributed by atoms with Gasteiger partial charge >= 0.3 is 0 Å². The van der Waals surface area contributed by atoms with Crippen LogP contribution in [-0.4, -0.2) is 50.2 Å². The fourth-order valence-electron chi connectivity index (χ4n) is 2.27. The van der Waals surface area contributed by atoms with Crippen LogP contribution < -0.4 is 15.4 Å². The minimum absolute atomic E-state index is 0.00484. The van der Waals surface area contributed by atoms with E-state index in [0.717, 1.165) is 23.5 Å². The molecule has 5 nitrogen and oxygen atoms in total. The zero-order chi connectivity index (χ0) is 14.2. The molecule has 1 aromatic rings. The maximum absolute atomic E-state index is 9.89. The van der Waals surface area contributed by atoms with Gasteiger partial charge in [0.25, 0.3) is 0 Å². The molecule has 0 bridgehead atoms. The highest BCUT2D eigenvalue weighted by Gasteiger charge is 2.33. The Kier molecular flexibility index (Phi) is 3.30.